The van der Waals surface area contributed by atoms with Crippen LogP contribution in [0.15, 0.2) is 23.6 Å². The molecule has 2 aromatic rings. The van der Waals surface area contributed by atoms with Gasteiger partial charge in [-0.1, -0.05) is 0 Å². The van der Waals surface area contributed by atoms with E-state index in [1.807, 2.05) is 6.92 Å². The lowest BCUT2D eigenvalue weighted by Gasteiger charge is -2.08. The van der Waals surface area contributed by atoms with Gasteiger partial charge in [0.15, 0.2) is 0 Å². The monoisotopic (exact) mass is 255 g/mol. The number of aromatic nitrogens is 1. The first kappa shape index (κ1) is 12.1. The van der Waals surface area contributed by atoms with Gasteiger partial charge in [-0.2, -0.15) is 0 Å². The van der Waals surface area contributed by atoms with Crippen molar-refractivity contribution in [1.29, 1.82) is 0 Å². The first-order valence-electron chi connectivity index (χ1n) is 5.10. The summed E-state index contributed by atoms with van der Waals surface area (Å²) in [6.45, 7) is 1.81. The second-order valence-corrected chi connectivity index (χ2v) is 4.67. The molecule has 1 atom stereocenters. The molecule has 0 aliphatic heterocycles. The van der Waals surface area contributed by atoms with Crippen molar-refractivity contribution in [2.24, 2.45) is 0 Å². The molecule has 0 bridgehead atoms. The number of hydrogen-bond acceptors (Lipinski definition) is 3. The topological polar surface area (TPSA) is 33.1 Å². The minimum absolute atomic E-state index is 0.0244. The van der Waals surface area contributed by atoms with Crippen molar-refractivity contribution in [1.82, 2.24) is 4.98 Å². The molecule has 0 amide bonds. The van der Waals surface area contributed by atoms with Crippen LogP contribution in [0.3, 0.4) is 0 Å². The van der Waals surface area contributed by atoms with Gasteiger partial charge in [-0.25, -0.2) is 13.8 Å². The summed E-state index contributed by atoms with van der Waals surface area (Å²) in [5.41, 5.74) is 0.967. The molecule has 0 aliphatic carbocycles. The Hall–Kier alpha value is -1.33. The van der Waals surface area contributed by atoms with E-state index in [4.69, 9.17) is 0 Å². The van der Waals surface area contributed by atoms with Gasteiger partial charge in [-0.3, -0.25) is 0 Å². The van der Waals surface area contributed by atoms with Crippen molar-refractivity contribution in [3.8, 4) is 0 Å². The number of benzene rings is 1. The van der Waals surface area contributed by atoms with Crippen LogP contribution in [0, 0.1) is 18.6 Å². The molecule has 5 heteroatoms. The maximum Gasteiger partial charge on any atom is 0.126 e. The van der Waals surface area contributed by atoms with Crippen molar-refractivity contribution in [3.05, 3.63) is 51.5 Å². The molecule has 1 heterocycles. The quantitative estimate of drug-likeness (QED) is 0.914. The average molecular weight is 255 g/mol. The minimum Gasteiger partial charge on any atom is -0.386 e. The van der Waals surface area contributed by atoms with Crippen LogP contribution in [0.4, 0.5) is 8.78 Å². The number of aliphatic hydroxyl groups excluding tert-OH is 1. The van der Waals surface area contributed by atoms with Crippen LogP contribution in [0.2, 0.25) is 0 Å². The highest BCUT2D eigenvalue weighted by Gasteiger charge is 2.15. The third-order valence-corrected chi connectivity index (χ3v) is 3.41. The summed E-state index contributed by atoms with van der Waals surface area (Å²) in [5.74, 6) is -1.03. The van der Waals surface area contributed by atoms with Crippen molar-refractivity contribution in [2.75, 3.05) is 0 Å². The minimum atomic E-state index is -0.898. The van der Waals surface area contributed by atoms with Crippen LogP contribution < -0.4 is 0 Å². The van der Waals surface area contributed by atoms with Crippen molar-refractivity contribution in [3.63, 3.8) is 0 Å². The summed E-state index contributed by atoms with van der Waals surface area (Å²) >= 11 is 1.31. The molecule has 1 N–H and O–H groups in total. The first-order chi connectivity index (χ1) is 8.06. The number of aliphatic hydroxyl groups is 1. The predicted octanol–water partition coefficient (Wildman–Crippen LogP) is 3.01. The standard InChI is InChI=1S/C12H11F2NOS/c1-7-6-17-12(15-7)11(16)5-8-4-9(13)2-3-10(8)14/h2-4,6,11,16H,5H2,1H3. The smallest absolute Gasteiger partial charge is 0.126 e. The van der Waals surface area contributed by atoms with E-state index in [0.29, 0.717) is 5.01 Å². The van der Waals surface area contributed by atoms with Crippen LogP contribution in [-0.4, -0.2) is 10.1 Å². The van der Waals surface area contributed by atoms with Crippen LogP contribution in [0.1, 0.15) is 22.4 Å². The van der Waals surface area contributed by atoms with Gasteiger partial charge < -0.3 is 5.11 Å². The summed E-state index contributed by atoms with van der Waals surface area (Å²) in [5, 5.41) is 12.2. The lowest BCUT2D eigenvalue weighted by Crippen LogP contribution is -2.03. The Labute approximate surface area is 102 Å². The van der Waals surface area contributed by atoms with E-state index in [2.05, 4.69) is 4.98 Å². The number of hydrogen-bond donors (Lipinski definition) is 1. The number of thiazole rings is 1. The summed E-state index contributed by atoms with van der Waals surface area (Å²) < 4.78 is 26.3. The predicted molar refractivity (Wildman–Crippen MR) is 61.9 cm³/mol. The molecule has 0 aliphatic rings. The molecule has 1 unspecified atom stereocenters. The second kappa shape index (κ2) is 4.89. The van der Waals surface area contributed by atoms with Gasteiger partial charge in [0.05, 0.1) is 0 Å². The van der Waals surface area contributed by atoms with Crippen LogP contribution >= 0.6 is 11.3 Å². The van der Waals surface area contributed by atoms with E-state index in [1.54, 1.807) is 5.38 Å². The number of aryl methyl sites for hydroxylation is 1. The van der Waals surface area contributed by atoms with E-state index in [0.717, 1.165) is 23.9 Å². The molecule has 1 aromatic heterocycles. The number of halogens is 2. The highest BCUT2D eigenvalue weighted by atomic mass is 32.1. The molecule has 0 radical (unpaired) electrons. The largest absolute Gasteiger partial charge is 0.386 e. The van der Waals surface area contributed by atoms with E-state index in [1.165, 1.54) is 11.3 Å². The molecule has 0 spiro atoms. The molecule has 1 aromatic carbocycles. The fraction of sp³-hybridized carbons (Fsp3) is 0.250. The van der Waals surface area contributed by atoms with E-state index >= 15 is 0 Å². The zero-order chi connectivity index (χ0) is 12.4. The molecule has 2 rings (SSSR count). The maximum atomic E-state index is 13.4. The number of rotatable bonds is 3. The molecule has 0 saturated heterocycles. The van der Waals surface area contributed by atoms with Gasteiger partial charge in [0, 0.05) is 17.5 Å². The number of nitrogens with zero attached hydrogens (tertiary/aromatic N) is 1. The van der Waals surface area contributed by atoms with Crippen molar-refractivity contribution in [2.45, 2.75) is 19.4 Å². The second-order valence-electron chi connectivity index (χ2n) is 3.78. The normalized spacial score (nSPS) is 12.7. The molecule has 0 fully saturated rings. The van der Waals surface area contributed by atoms with Crippen molar-refractivity contribution >= 4 is 11.3 Å². The molecule has 2 nitrogen and oxygen atoms in total. The van der Waals surface area contributed by atoms with E-state index in [9.17, 15) is 13.9 Å². The fourth-order valence-electron chi connectivity index (χ4n) is 1.52. The van der Waals surface area contributed by atoms with Gasteiger partial charge in [0.1, 0.15) is 22.7 Å². The van der Waals surface area contributed by atoms with Gasteiger partial charge in [0.2, 0.25) is 0 Å². The third kappa shape index (κ3) is 2.87. The zero-order valence-electron chi connectivity index (χ0n) is 9.15. The van der Waals surface area contributed by atoms with Crippen molar-refractivity contribution < 1.29 is 13.9 Å². The lowest BCUT2D eigenvalue weighted by molar-refractivity contribution is 0.176. The summed E-state index contributed by atoms with van der Waals surface area (Å²) in [7, 11) is 0. The van der Waals surface area contributed by atoms with Gasteiger partial charge in [0.25, 0.3) is 0 Å². The third-order valence-electron chi connectivity index (χ3n) is 2.34. The molecular weight excluding hydrogens is 244 g/mol. The average Bonchev–Trinajstić information content (AvgIpc) is 2.70. The zero-order valence-corrected chi connectivity index (χ0v) is 9.97. The fourth-order valence-corrected chi connectivity index (χ4v) is 2.30. The van der Waals surface area contributed by atoms with Crippen LogP contribution in [-0.2, 0) is 6.42 Å². The molecule has 17 heavy (non-hydrogen) atoms. The van der Waals surface area contributed by atoms with Gasteiger partial charge in [-0.15, -0.1) is 11.3 Å². The Morgan fingerprint density at radius 1 is 1.41 bits per heavy atom. The Balaban J connectivity index is 2.18. The summed E-state index contributed by atoms with van der Waals surface area (Å²) in [6.07, 6.45) is -0.874. The van der Waals surface area contributed by atoms with Gasteiger partial charge in [-0.05, 0) is 30.7 Å². The highest BCUT2D eigenvalue weighted by molar-refractivity contribution is 7.09. The molecular formula is C12H11F2NOS. The van der Waals surface area contributed by atoms with E-state index in [-0.39, 0.29) is 12.0 Å². The molecule has 0 saturated carbocycles. The first-order valence-corrected chi connectivity index (χ1v) is 5.98. The summed E-state index contributed by atoms with van der Waals surface area (Å²) in [4.78, 5) is 4.11. The Bertz CT molecular complexity index is 527. The Kier molecular flexibility index (Phi) is 3.49. The Morgan fingerprint density at radius 2 is 2.18 bits per heavy atom. The van der Waals surface area contributed by atoms with Gasteiger partial charge >= 0.3 is 0 Å². The molecule has 90 valence electrons. The SMILES string of the molecule is Cc1csc(C(O)Cc2cc(F)ccc2F)n1. The van der Waals surface area contributed by atoms with Crippen LogP contribution in [0.5, 0.6) is 0 Å². The highest BCUT2D eigenvalue weighted by Crippen LogP contribution is 2.23. The van der Waals surface area contributed by atoms with E-state index < -0.39 is 17.7 Å². The lowest BCUT2D eigenvalue weighted by atomic mass is 10.1. The maximum absolute atomic E-state index is 13.4. The van der Waals surface area contributed by atoms with Crippen LogP contribution in [0.25, 0.3) is 0 Å². The summed E-state index contributed by atoms with van der Waals surface area (Å²) in [6, 6.07) is 3.21. The Morgan fingerprint density at radius 3 is 2.82 bits per heavy atom.